The van der Waals surface area contributed by atoms with Gasteiger partial charge in [-0.2, -0.15) is 0 Å². The van der Waals surface area contributed by atoms with Crippen molar-refractivity contribution in [1.29, 1.82) is 0 Å². The highest BCUT2D eigenvalue weighted by Crippen LogP contribution is 2.24. The average molecular weight is 295 g/mol. The second-order valence-corrected chi connectivity index (χ2v) is 5.64. The molecular formula is C16H23ClN2O. The molecule has 1 saturated heterocycles. The van der Waals surface area contributed by atoms with Crippen LogP contribution in [-0.2, 0) is 6.54 Å². The molecule has 1 fully saturated rings. The van der Waals surface area contributed by atoms with Gasteiger partial charge in [-0.1, -0.05) is 24.6 Å². The van der Waals surface area contributed by atoms with Crippen molar-refractivity contribution >= 4 is 23.4 Å². The highest BCUT2D eigenvalue weighted by Gasteiger charge is 2.26. The van der Waals surface area contributed by atoms with Crippen LogP contribution in [-0.4, -0.2) is 23.5 Å². The molecule has 2 heterocycles. The van der Waals surface area contributed by atoms with Crippen LogP contribution in [0.5, 0.6) is 0 Å². The molecule has 1 aromatic heterocycles. The number of halogens is 1. The van der Waals surface area contributed by atoms with Crippen LogP contribution in [0, 0.1) is 0 Å². The zero-order valence-electron chi connectivity index (χ0n) is 11.9. The number of piperidine rings is 1. The number of furan rings is 1. The van der Waals surface area contributed by atoms with Gasteiger partial charge in [-0.3, -0.25) is 4.90 Å². The summed E-state index contributed by atoms with van der Waals surface area (Å²) in [5.74, 6) is 1.05. The zero-order valence-corrected chi connectivity index (χ0v) is 12.7. The Kier molecular flexibility index (Phi) is 5.08. The van der Waals surface area contributed by atoms with Crippen LogP contribution in [0.25, 0.3) is 11.0 Å². The van der Waals surface area contributed by atoms with E-state index in [9.17, 15) is 0 Å². The van der Waals surface area contributed by atoms with Gasteiger partial charge in [0.05, 0.1) is 6.54 Å². The fourth-order valence-electron chi connectivity index (χ4n) is 3.12. The van der Waals surface area contributed by atoms with Gasteiger partial charge < -0.3 is 10.2 Å². The van der Waals surface area contributed by atoms with Gasteiger partial charge in [0, 0.05) is 17.5 Å². The van der Waals surface area contributed by atoms with E-state index in [1.807, 2.05) is 18.2 Å². The Morgan fingerprint density at radius 3 is 2.90 bits per heavy atom. The van der Waals surface area contributed by atoms with Gasteiger partial charge in [-0.15, -0.1) is 12.4 Å². The van der Waals surface area contributed by atoms with E-state index in [1.54, 1.807) is 0 Å². The highest BCUT2D eigenvalue weighted by molar-refractivity contribution is 5.85. The Labute approximate surface area is 126 Å². The first kappa shape index (κ1) is 15.4. The van der Waals surface area contributed by atoms with Crippen LogP contribution in [0.15, 0.2) is 34.7 Å². The molecule has 2 N–H and O–H groups in total. The van der Waals surface area contributed by atoms with Gasteiger partial charge in [0.25, 0.3) is 0 Å². The molecule has 2 unspecified atom stereocenters. The molecule has 20 heavy (non-hydrogen) atoms. The third kappa shape index (κ3) is 3.17. The van der Waals surface area contributed by atoms with Crippen molar-refractivity contribution in [2.75, 3.05) is 6.54 Å². The van der Waals surface area contributed by atoms with E-state index in [1.165, 1.54) is 24.6 Å². The summed E-state index contributed by atoms with van der Waals surface area (Å²) in [6, 6.07) is 11.1. The summed E-state index contributed by atoms with van der Waals surface area (Å²) >= 11 is 0. The Morgan fingerprint density at radius 2 is 2.15 bits per heavy atom. The minimum atomic E-state index is 0. The molecule has 0 spiro atoms. The third-order valence-electron chi connectivity index (χ3n) is 4.11. The quantitative estimate of drug-likeness (QED) is 0.941. The molecule has 1 aromatic carbocycles. The van der Waals surface area contributed by atoms with Gasteiger partial charge in [-0.05, 0) is 38.4 Å². The lowest BCUT2D eigenvalue weighted by molar-refractivity contribution is 0.115. The third-order valence-corrected chi connectivity index (χ3v) is 4.11. The van der Waals surface area contributed by atoms with E-state index >= 15 is 0 Å². The van der Waals surface area contributed by atoms with Gasteiger partial charge in [0.2, 0.25) is 0 Å². The maximum absolute atomic E-state index is 6.11. The first-order chi connectivity index (χ1) is 9.24. The van der Waals surface area contributed by atoms with Crippen molar-refractivity contribution in [3.05, 3.63) is 36.1 Å². The summed E-state index contributed by atoms with van der Waals surface area (Å²) in [4.78, 5) is 2.48. The van der Waals surface area contributed by atoms with Crippen molar-refractivity contribution in [1.82, 2.24) is 4.90 Å². The number of hydrogen-bond acceptors (Lipinski definition) is 3. The standard InChI is InChI=1S/C16H22N2O.ClH/c1-12(17)15-7-4-5-9-18(15)11-14-10-13-6-2-3-8-16(13)19-14;/h2-3,6,8,10,12,15H,4-5,7,9,11,17H2,1H3;1H. The summed E-state index contributed by atoms with van der Waals surface area (Å²) in [6.45, 7) is 4.12. The predicted octanol–water partition coefficient (Wildman–Crippen LogP) is 3.56. The number of nitrogens with zero attached hydrogens (tertiary/aromatic N) is 1. The fourth-order valence-corrected chi connectivity index (χ4v) is 3.12. The number of likely N-dealkylation sites (tertiary alicyclic amines) is 1. The number of benzene rings is 1. The molecule has 0 aliphatic carbocycles. The van der Waals surface area contributed by atoms with Gasteiger partial charge >= 0.3 is 0 Å². The molecule has 0 radical (unpaired) electrons. The number of nitrogens with two attached hydrogens (primary N) is 1. The van der Waals surface area contributed by atoms with E-state index in [0.717, 1.165) is 24.4 Å². The maximum atomic E-state index is 6.11. The summed E-state index contributed by atoms with van der Waals surface area (Å²) in [6.07, 6.45) is 3.77. The largest absolute Gasteiger partial charge is 0.460 e. The minimum Gasteiger partial charge on any atom is -0.460 e. The fraction of sp³-hybridized carbons (Fsp3) is 0.500. The van der Waals surface area contributed by atoms with Crippen molar-refractivity contribution in [2.45, 2.75) is 44.8 Å². The highest BCUT2D eigenvalue weighted by atomic mass is 35.5. The van der Waals surface area contributed by atoms with Crippen molar-refractivity contribution in [3.8, 4) is 0 Å². The minimum absolute atomic E-state index is 0. The average Bonchev–Trinajstić information content (AvgIpc) is 2.81. The molecule has 1 aliphatic rings. The summed E-state index contributed by atoms with van der Waals surface area (Å²) in [5.41, 5.74) is 7.09. The van der Waals surface area contributed by atoms with Crippen molar-refractivity contribution < 1.29 is 4.42 Å². The molecule has 4 heteroatoms. The molecule has 3 nitrogen and oxygen atoms in total. The van der Waals surface area contributed by atoms with Crippen LogP contribution < -0.4 is 5.73 Å². The van der Waals surface area contributed by atoms with E-state index in [2.05, 4.69) is 24.0 Å². The van der Waals surface area contributed by atoms with E-state index in [0.29, 0.717) is 6.04 Å². The monoisotopic (exact) mass is 294 g/mol. The number of para-hydroxylation sites is 1. The second-order valence-electron chi connectivity index (χ2n) is 5.64. The number of fused-ring (bicyclic) bond motifs is 1. The molecular weight excluding hydrogens is 272 g/mol. The summed E-state index contributed by atoms with van der Waals surface area (Å²) in [7, 11) is 0. The van der Waals surface area contributed by atoms with Gasteiger partial charge in [0.15, 0.2) is 0 Å². The van der Waals surface area contributed by atoms with Crippen LogP contribution in [0.3, 0.4) is 0 Å². The van der Waals surface area contributed by atoms with Crippen LogP contribution in [0.2, 0.25) is 0 Å². The molecule has 0 amide bonds. The second kappa shape index (κ2) is 6.61. The van der Waals surface area contributed by atoms with Crippen LogP contribution in [0.1, 0.15) is 31.9 Å². The Hall–Kier alpha value is -1.03. The predicted molar refractivity (Wildman–Crippen MR) is 85.2 cm³/mol. The number of hydrogen-bond donors (Lipinski definition) is 1. The van der Waals surface area contributed by atoms with Crippen molar-refractivity contribution in [2.24, 2.45) is 5.73 Å². The van der Waals surface area contributed by atoms with Gasteiger partial charge in [0.1, 0.15) is 11.3 Å². The summed E-state index contributed by atoms with van der Waals surface area (Å²) in [5, 5.41) is 1.19. The molecule has 0 saturated carbocycles. The normalized spacial score (nSPS) is 21.6. The lowest BCUT2D eigenvalue weighted by Gasteiger charge is -2.37. The SMILES string of the molecule is CC(N)C1CCCCN1Cc1cc2ccccc2o1.Cl. The van der Waals surface area contributed by atoms with E-state index in [4.69, 9.17) is 10.2 Å². The lowest BCUT2D eigenvalue weighted by atomic mass is 9.97. The van der Waals surface area contributed by atoms with E-state index in [-0.39, 0.29) is 18.4 Å². The molecule has 3 rings (SSSR count). The lowest BCUT2D eigenvalue weighted by Crippen LogP contribution is -2.48. The molecule has 1 aliphatic heterocycles. The number of rotatable bonds is 3. The zero-order chi connectivity index (χ0) is 13.2. The Morgan fingerprint density at radius 1 is 1.35 bits per heavy atom. The first-order valence-electron chi connectivity index (χ1n) is 7.21. The van der Waals surface area contributed by atoms with Crippen molar-refractivity contribution in [3.63, 3.8) is 0 Å². The smallest absolute Gasteiger partial charge is 0.134 e. The summed E-state index contributed by atoms with van der Waals surface area (Å²) < 4.78 is 5.92. The molecule has 2 atom stereocenters. The molecule has 0 bridgehead atoms. The first-order valence-corrected chi connectivity index (χ1v) is 7.21. The maximum Gasteiger partial charge on any atom is 0.134 e. The topological polar surface area (TPSA) is 42.4 Å². The van der Waals surface area contributed by atoms with Crippen LogP contribution >= 0.6 is 12.4 Å². The Bertz CT molecular complexity index is 519. The Balaban J connectivity index is 0.00000147. The van der Waals surface area contributed by atoms with E-state index < -0.39 is 0 Å². The molecule has 2 aromatic rings. The molecule has 110 valence electrons. The van der Waals surface area contributed by atoms with Crippen LogP contribution in [0.4, 0.5) is 0 Å². The van der Waals surface area contributed by atoms with Gasteiger partial charge in [-0.25, -0.2) is 0 Å².